The van der Waals surface area contributed by atoms with E-state index in [0.29, 0.717) is 19.1 Å². The quantitative estimate of drug-likeness (QED) is 0.534. The average Bonchev–Trinajstić information content (AvgIpc) is 3.26. The van der Waals surface area contributed by atoms with Gasteiger partial charge in [-0.05, 0) is 44.9 Å². The number of piperazine rings is 1. The first kappa shape index (κ1) is 24.5. The largest absolute Gasteiger partial charge is 0.447 e. The van der Waals surface area contributed by atoms with Gasteiger partial charge in [0, 0.05) is 61.6 Å². The second-order valence-corrected chi connectivity index (χ2v) is 10.7. The summed E-state index contributed by atoms with van der Waals surface area (Å²) in [6, 6.07) is 14.2. The minimum Gasteiger partial charge on any atom is -0.447 e. The highest BCUT2D eigenvalue weighted by Gasteiger charge is 2.32. The molecule has 3 aromatic rings. The summed E-state index contributed by atoms with van der Waals surface area (Å²) in [5.74, 6) is 0.795. The summed E-state index contributed by atoms with van der Waals surface area (Å²) in [5, 5.41) is 5.19. The Morgan fingerprint density at radius 3 is 2.39 bits per heavy atom. The van der Waals surface area contributed by atoms with Crippen molar-refractivity contribution in [2.75, 3.05) is 44.6 Å². The maximum Gasteiger partial charge on any atom is 0.410 e. The van der Waals surface area contributed by atoms with Crippen LogP contribution in [0, 0.1) is 0 Å². The van der Waals surface area contributed by atoms with Crippen LogP contribution in [-0.4, -0.2) is 83.1 Å². The summed E-state index contributed by atoms with van der Waals surface area (Å²) in [4.78, 5) is 36.6. The second kappa shape index (κ2) is 10.8. The zero-order valence-corrected chi connectivity index (χ0v) is 21.7. The van der Waals surface area contributed by atoms with E-state index in [0.717, 1.165) is 65.5 Å². The Labute approximate surface area is 215 Å². The molecular formula is C27H33N5O3S. The lowest BCUT2D eigenvalue weighted by Gasteiger charge is -2.42. The molecular weight excluding hydrogens is 474 g/mol. The molecule has 2 fully saturated rings. The average molecular weight is 508 g/mol. The number of carbonyl (C=O) groups excluding carboxylic acids is 2. The Bertz CT molecular complexity index is 1200. The number of nitrogens with one attached hydrogen (secondary N) is 1. The Balaban J connectivity index is 1.23. The van der Waals surface area contributed by atoms with Crippen LogP contribution in [0.5, 0.6) is 0 Å². The summed E-state index contributed by atoms with van der Waals surface area (Å²) < 4.78 is 6.43. The number of fused-ring (bicyclic) bond motifs is 1. The summed E-state index contributed by atoms with van der Waals surface area (Å²) in [7, 11) is 0. The third-order valence-electron chi connectivity index (χ3n) is 6.89. The molecule has 2 aliphatic rings. The predicted molar refractivity (Wildman–Crippen MR) is 143 cm³/mol. The number of ether oxygens (including phenoxy) is 1. The highest BCUT2D eigenvalue weighted by Crippen LogP contribution is 2.38. The number of pyridine rings is 1. The van der Waals surface area contributed by atoms with Crippen molar-refractivity contribution in [1.29, 1.82) is 0 Å². The molecule has 0 spiro atoms. The van der Waals surface area contributed by atoms with Crippen molar-refractivity contribution in [3.63, 3.8) is 0 Å². The first-order valence-corrected chi connectivity index (χ1v) is 13.5. The number of likely N-dealkylation sites (tertiary alicyclic amines) is 1. The van der Waals surface area contributed by atoms with Gasteiger partial charge in [-0.1, -0.05) is 24.3 Å². The van der Waals surface area contributed by atoms with Crippen LogP contribution in [0.3, 0.4) is 0 Å². The molecule has 2 amide bonds. The van der Waals surface area contributed by atoms with Gasteiger partial charge in [0.2, 0.25) is 0 Å². The molecule has 1 N–H and O–H groups in total. The summed E-state index contributed by atoms with van der Waals surface area (Å²) in [6.45, 7) is 8.28. The third kappa shape index (κ3) is 5.32. The molecule has 0 bridgehead atoms. The van der Waals surface area contributed by atoms with E-state index in [1.165, 1.54) is 0 Å². The van der Waals surface area contributed by atoms with Gasteiger partial charge in [0.1, 0.15) is 10.8 Å². The van der Waals surface area contributed by atoms with Crippen molar-refractivity contribution in [3.05, 3.63) is 54.2 Å². The SMILES string of the molecule is CC(C)OC(=O)N1CCC(N2CCN(C(=O)c3c(Nc4ccccn4)sc4ccccc34)CC2)CC1. The fourth-order valence-corrected chi connectivity index (χ4v) is 6.14. The molecule has 0 unspecified atom stereocenters. The highest BCUT2D eigenvalue weighted by atomic mass is 32.1. The number of nitrogens with zero attached hydrogens (tertiary/aromatic N) is 4. The number of benzene rings is 1. The van der Waals surface area contributed by atoms with Gasteiger partial charge in [-0.25, -0.2) is 9.78 Å². The molecule has 0 radical (unpaired) electrons. The van der Waals surface area contributed by atoms with E-state index in [4.69, 9.17) is 4.74 Å². The summed E-state index contributed by atoms with van der Waals surface area (Å²) in [6.07, 6.45) is 3.31. The lowest BCUT2D eigenvalue weighted by molar-refractivity contribution is 0.0360. The molecule has 9 heteroatoms. The van der Waals surface area contributed by atoms with Gasteiger partial charge in [0.15, 0.2) is 0 Å². The number of aromatic nitrogens is 1. The number of hydrogen-bond donors (Lipinski definition) is 1. The van der Waals surface area contributed by atoms with Crippen molar-refractivity contribution < 1.29 is 14.3 Å². The van der Waals surface area contributed by atoms with Crippen LogP contribution in [0.15, 0.2) is 48.7 Å². The molecule has 190 valence electrons. The first-order chi connectivity index (χ1) is 17.5. The highest BCUT2D eigenvalue weighted by molar-refractivity contribution is 7.23. The van der Waals surface area contributed by atoms with Gasteiger partial charge in [-0.2, -0.15) is 0 Å². The number of piperidine rings is 1. The Hall–Kier alpha value is -3.17. The molecule has 8 nitrogen and oxygen atoms in total. The van der Waals surface area contributed by atoms with Crippen molar-refractivity contribution in [3.8, 4) is 0 Å². The number of amides is 2. The van der Waals surface area contributed by atoms with E-state index in [-0.39, 0.29) is 18.1 Å². The fourth-order valence-electron chi connectivity index (χ4n) is 5.04. The van der Waals surface area contributed by atoms with Gasteiger partial charge < -0.3 is 19.9 Å². The molecule has 4 heterocycles. The number of thiophene rings is 1. The third-order valence-corrected chi connectivity index (χ3v) is 7.98. The lowest BCUT2D eigenvalue weighted by Crippen LogP contribution is -2.54. The zero-order chi connectivity index (χ0) is 25.1. The maximum absolute atomic E-state index is 13.8. The molecule has 0 aliphatic carbocycles. The number of carbonyl (C=O) groups is 2. The number of anilines is 2. The molecule has 2 saturated heterocycles. The molecule has 2 aliphatic heterocycles. The van der Waals surface area contributed by atoms with E-state index >= 15 is 0 Å². The van der Waals surface area contributed by atoms with Crippen LogP contribution in [0.4, 0.5) is 15.6 Å². The maximum atomic E-state index is 13.8. The molecule has 36 heavy (non-hydrogen) atoms. The van der Waals surface area contributed by atoms with E-state index in [9.17, 15) is 9.59 Å². The Morgan fingerprint density at radius 2 is 1.69 bits per heavy atom. The second-order valence-electron chi connectivity index (χ2n) is 9.62. The van der Waals surface area contributed by atoms with Crippen LogP contribution in [0.1, 0.15) is 37.0 Å². The van der Waals surface area contributed by atoms with Crippen LogP contribution in [-0.2, 0) is 4.74 Å². The van der Waals surface area contributed by atoms with Gasteiger partial charge in [-0.15, -0.1) is 11.3 Å². The Kier molecular flexibility index (Phi) is 7.38. The van der Waals surface area contributed by atoms with Crippen LogP contribution >= 0.6 is 11.3 Å². The standard InChI is InChI=1S/C27H33N5O3S/c1-19(2)35-27(34)32-13-10-20(11-14-32)30-15-17-31(18-16-30)26(33)24-21-7-3-4-8-22(21)36-25(24)29-23-9-5-6-12-28-23/h3-9,12,19-20H,10-11,13-18H2,1-2H3,(H,28,29). The topological polar surface area (TPSA) is 78.0 Å². The van der Waals surface area contributed by atoms with Crippen molar-refractivity contribution in [2.45, 2.75) is 38.8 Å². The zero-order valence-electron chi connectivity index (χ0n) is 20.9. The van der Waals surface area contributed by atoms with Gasteiger partial charge in [-0.3, -0.25) is 9.69 Å². The van der Waals surface area contributed by atoms with E-state index < -0.39 is 0 Å². The number of rotatable bonds is 5. The normalized spacial score (nSPS) is 17.5. The van der Waals surface area contributed by atoms with E-state index in [1.807, 2.05) is 60.0 Å². The van der Waals surface area contributed by atoms with Crippen LogP contribution in [0.2, 0.25) is 0 Å². The Morgan fingerprint density at radius 1 is 0.972 bits per heavy atom. The molecule has 5 rings (SSSR count). The predicted octanol–water partition coefficient (Wildman–Crippen LogP) is 4.81. The summed E-state index contributed by atoms with van der Waals surface area (Å²) in [5.41, 5.74) is 0.728. The van der Waals surface area contributed by atoms with E-state index in [2.05, 4.69) is 21.3 Å². The van der Waals surface area contributed by atoms with Gasteiger partial charge >= 0.3 is 6.09 Å². The fraction of sp³-hybridized carbons (Fsp3) is 0.444. The van der Waals surface area contributed by atoms with Crippen molar-refractivity contribution in [1.82, 2.24) is 19.7 Å². The minimum absolute atomic E-state index is 0.0665. The lowest BCUT2D eigenvalue weighted by atomic mass is 10.0. The number of hydrogen-bond acceptors (Lipinski definition) is 7. The smallest absolute Gasteiger partial charge is 0.410 e. The van der Waals surface area contributed by atoms with Crippen LogP contribution < -0.4 is 5.32 Å². The van der Waals surface area contributed by atoms with Gasteiger partial charge in [0.25, 0.3) is 5.91 Å². The van der Waals surface area contributed by atoms with Crippen LogP contribution in [0.25, 0.3) is 10.1 Å². The molecule has 0 saturated carbocycles. The molecule has 1 aromatic carbocycles. The molecule has 0 atom stereocenters. The first-order valence-electron chi connectivity index (χ1n) is 12.7. The van der Waals surface area contributed by atoms with Crippen molar-refractivity contribution in [2.24, 2.45) is 0 Å². The monoisotopic (exact) mass is 507 g/mol. The minimum atomic E-state index is -0.211. The van der Waals surface area contributed by atoms with Crippen molar-refractivity contribution >= 4 is 44.2 Å². The summed E-state index contributed by atoms with van der Waals surface area (Å²) >= 11 is 1.59. The molecule has 2 aromatic heterocycles. The van der Waals surface area contributed by atoms with Gasteiger partial charge in [0.05, 0.1) is 11.7 Å². The van der Waals surface area contributed by atoms with E-state index in [1.54, 1.807) is 17.5 Å².